The van der Waals surface area contributed by atoms with E-state index in [-0.39, 0.29) is 0 Å². The number of rotatable bonds is 7. The highest BCUT2D eigenvalue weighted by atomic mass is 15.1. The first-order valence-corrected chi connectivity index (χ1v) is 22.3. The lowest BCUT2D eigenvalue weighted by molar-refractivity contribution is 1.18. The maximum Gasteiger partial charge on any atom is 0.0547 e. The van der Waals surface area contributed by atoms with Gasteiger partial charge >= 0.3 is 0 Å². The molecule has 3 nitrogen and oxygen atoms in total. The number of aromatic nitrogens is 2. The molecular weight excluding hydrogens is 787 g/mol. The van der Waals surface area contributed by atoms with E-state index in [1.54, 1.807) is 0 Å². The smallest absolute Gasteiger partial charge is 0.0547 e. The zero-order valence-corrected chi connectivity index (χ0v) is 35.5. The van der Waals surface area contributed by atoms with Gasteiger partial charge < -0.3 is 14.0 Å². The summed E-state index contributed by atoms with van der Waals surface area (Å²) in [7, 11) is 0. The molecule has 0 aliphatic heterocycles. The van der Waals surface area contributed by atoms with Crippen molar-refractivity contribution in [1.29, 1.82) is 0 Å². The molecule has 0 atom stereocenters. The van der Waals surface area contributed by atoms with E-state index in [2.05, 4.69) is 263 Å². The van der Waals surface area contributed by atoms with Crippen LogP contribution < -0.4 is 4.90 Å². The van der Waals surface area contributed by atoms with Gasteiger partial charge in [0.15, 0.2) is 0 Å². The number of fused-ring (bicyclic) bond motifs is 8. The van der Waals surface area contributed by atoms with Gasteiger partial charge in [-0.25, -0.2) is 0 Å². The molecule has 0 aliphatic carbocycles. The van der Waals surface area contributed by atoms with Crippen molar-refractivity contribution in [1.82, 2.24) is 9.13 Å². The zero-order chi connectivity index (χ0) is 42.8. The summed E-state index contributed by atoms with van der Waals surface area (Å²) in [6.45, 7) is 0. The fourth-order valence-electron chi connectivity index (χ4n) is 10.3. The first-order valence-electron chi connectivity index (χ1n) is 22.3. The third-order valence-electron chi connectivity index (χ3n) is 13.3. The lowest BCUT2D eigenvalue weighted by Crippen LogP contribution is -2.11. The van der Waals surface area contributed by atoms with Gasteiger partial charge in [0.25, 0.3) is 0 Å². The van der Waals surface area contributed by atoms with E-state index in [0.717, 1.165) is 28.4 Å². The molecule has 0 saturated carbocycles. The maximum absolute atomic E-state index is 2.44. The van der Waals surface area contributed by atoms with Crippen LogP contribution in [0.4, 0.5) is 17.1 Å². The highest BCUT2D eigenvalue weighted by molar-refractivity contribution is 6.13. The number of hydrogen-bond donors (Lipinski definition) is 0. The summed E-state index contributed by atoms with van der Waals surface area (Å²) in [5, 5.41) is 9.84. The topological polar surface area (TPSA) is 13.1 Å². The molecule has 13 rings (SSSR count). The van der Waals surface area contributed by atoms with Crippen LogP contribution in [0.1, 0.15) is 0 Å². The summed E-state index contributed by atoms with van der Waals surface area (Å²) in [6.07, 6.45) is 0. The van der Waals surface area contributed by atoms with Crippen LogP contribution >= 0.6 is 0 Å². The average molecular weight is 828 g/mol. The number of anilines is 3. The van der Waals surface area contributed by atoms with Crippen molar-refractivity contribution in [3.05, 3.63) is 249 Å². The van der Waals surface area contributed by atoms with Crippen LogP contribution in [0.25, 0.3) is 98.8 Å². The number of nitrogens with zero attached hydrogens (tertiary/aromatic N) is 3. The van der Waals surface area contributed by atoms with Gasteiger partial charge in [0.2, 0.25) is 0 Å². The van der Waals surface area contributed by atoms with Crippen molar-refractivity contribution in [3.63, 3.8) is 0 Å². The molecule has 0 spiro atoms. The van der Waals surface area contributed by atoms with Gasteiger partial charge in [-0.15, -0.1) is 0 Å². The lowest BCUT2D eigenvalue weighted by Gasteiger charge is -2.29. The zero-order valence-electron chi connectivity index (χ0n) is 35.5. The third-order valence-corrected chi connectivity index (χ3v) is 13.3. The van der Waals surface area contributed by atoms with E-state index in [9.17, 15) is 0 Å². The van der Waals surface area contributed by atoms with Crippen LogP contribution in [0.15, 0.2) is 249 Å². The summed E-state index contributed by atoms with van der Waals surface area (Å²) in [5.41, 5.74) is 15.2. The Morgan fingerprint density at radius 1 is 0.262 bits per heavy atom. The van der Waals surface area contributed by atoms with Gasteiger partial charge in [0.1, 0.15) is 0 Å². The molecular formula is C62H41N3. The van der Waals surface area contributed by atoms with E-state index < -0.39 is 0 Å². The molecule has 2 heterocycles. The molecule has 0 N–H and O–H groups in total. The average Bonchev–Trinajstić information content (AvgIpc) is 3.90. The quantitative estimate of drug-likeness (QED) is 0.156. The first kappa shape index (κ1) is 36.9. The number of para-hydroxylation sites is 4. The molecule has 13 aromatic rings. The van der Waals surface area contributed by atoms with Gasteiger partial charge in [-0.05, 0) is 106 Å². The molecule has 65 heavy (non-hydrogen) atoms. The Hall–Kier alpha value is -8.66. The van der Waals surface area contributed by atoms with Crippen LogP contribution in [0.2, 0.25) is 0 Å². The van der Waals surface area contributed by atoms with Gasteiger partial charge in [0.05, 0.1) is 33.4 Å². The van der Waals surface area contributed by atoms with Crippen LogP contribution in [-0.2, 0) is 0 Å². The molecule has 0 unspecified atom stereocenters. The van der Waals surface area contributed by atoms with Crippen molar-refractivity contribution < 1.29 is 0 Å². The largest absolute Gasteiger partial charge is 0.309 e. The highest BCUT2D eigenvalue weighted by Gasteiger charge is 2.21. The minimum atomic E-state index is 1.10. The first-order chi connectivity index (χ1) is 32.3. The number of hydrogen-bond acceptors (Lipinski definition) is 1. The third kappa shape index (κ3) is 5.97. The van der Waals surface area contributed by atoms with E-state index in [4.69, 9.17) is 0 Å². The molecule has 0 radical (unpaired) electrons. The van der Waals surface area contributed by atoms with Crippen LogP contribution in [-0.4, -0.2) is 9.13 Å². The van der Waals surface area contributed by atoms with Crippen LogP contribution in [0.5, 0.6) is 0 Å². The minimum Gasteiger partial charge on any atom is -0.309 e. The van der Waals surface area contributed by atoms with Gasteiger partial charge in [-0.3, -0.25) is 0 Å². The fourth-order valence-corrected chi connectivity index (χ4v) is 10.3. The Morgan fingerprint density at radius 2 is 0.723 bits per heavy atom. The molecule has 0 amide bonds. The highest BCUT2D eigenvalue weighted by Crippen LogP contribution is 2.45. The Labute approximate surface area is 376 Å². The predicted molar refractivity (Wildman–Crippen MR) is 276 cm³/mol. The van der Waals surface area contributed by atoms with Crippen molar-refractivity contribution in [2.45, 2.75) is 0 Å². The van der Waals surface area contributed by atoms with Gasteiger partial charge in [-0.1, -0.05) is 176 Å². The lowest BCUT2D eigenvalue weighted by atomic mass is 9.95. The maximum atomic E-state index is 2.44. The summed E-state index contributed by atoms with van der Waals surface area (Å²) in [6, 6.07) is 90.7. The SMILES string of the molecule is c1ccc(-n2c3ccccc3c3ccc(-c4ccc(N(c5ccc(-c6ccc(-n7c8ccccc8c8ccccc87)cc6)cc5)c5cccc6ccccc56)c5ccccc45)cc32)cc1. The summed E-state index contributed by atoms with van der Waals surface area (Å²) >= 11 is 0. The van der Waals surface area contributed by atoms with E-state index >= 15 is 0 Å². The fraction of sp³-hybridized carbons (Fsp3) is 0. The number of benzene rings is 11. The van der Waals surface area contributed by atoms with E-state index in [1.807, 2.05) is 0 Å². The standard InChI is InChI=1S/C62H41N3/c1-2-17-46(18-3-1)65-60-27-13-10-24-55(60)56-38-33-45(41-62(56)65)49-39-40-61(52-21-7-6-20-51(49)52)63(57-28-14-16-44-15-4-5-19-50(44)57)47-34-29-42(30-35-47)43-31-36-48(37-32-43)64-58-25-11-8-22-53(58)54-23-9-12-26-59(54)64/h1-41H. The minimum absolute atomic E-state index is 1.10. The van der Waals surface area contributed by atoms with Gasteiger partial charge in [0, 0.05) is 49.4 Å². The van der Waals surface area contributed by atoms with E-state index in [1.165, 1.54) is 87.4 Å². The van der Waals surface area contributed by atoms with Crippen molar-refractivity contribution >= 4 is 82.2 Å². The Kier molecular flexibility index (Phi) is 8.53. The summed E-state index contributed by atoms with van der Waals surface area (Å²) in [5.74, 6) is 0. The molecule has 0 saturated heterocycles. The normalized spacial score (nSPS) is 11.7. The molecule has 0 bridgehead atoms. The molecule has 2 aromatic heterocycles. The molecule has 11 aromatic carbocycles. The van der Waals surface area contributed by atoms with Crippen molar-refractivity contribution in [3.8, 4) is 33.6 Å². The molecule has 0 aliphatic rings. The summed E-state index contributed by atoms with van der Waals surface area (Å²) in [4.78, 5) is 2.44. The van der Waals surface area contributed by atoms with Crippen LogP contribution in [0.3, 0.4) is 0 Å². The molecule has 304 valence electrons. The Morgan fingerprint density at radius 3 is 1.38 bits per heavy atom. The van der Waals surface area contributed by atoms with E-state index in [0.29, 0.717) is 0 Å². The second-order valence-corrected chi connectivity index (χ2v) is 16.9. The van der Waals surface area contributed by atoms with Crippen molar-refractivity contribution in [2.24, 2.45) is 0 Å². The second kappa shape index (κ2) is 15.0. The summed E-state index contributed by atoms with van der Waals surface area (Å²) < 4.78 is 4.77. The predicted octanol–water partition coefficient (Wildman–Crippen LogP) is 17.0. The Balaban J connectivity index is 0.930. The van der Waals surface area contributed by atoms with Crippen molar-refractivity contribution in [2.75, 3.05) is 4.90 Å². The van der Waals surface area contributed by atoms with Crippen LogP contribution in [0, 0.1) is 0 Å². The van der Waals surface area contributed by atoms with Gasteiger partial charge in [-0.2, -0.15) is 0 Å². The second-order valence-electron chi connectivity index (χ2n) is 16.9. The molecule has 3 heteroatoms. The monoisotopic (exact) mass is 827 g/mol. The Bertz CT molecular complexity index is 3870. The molecule has 0 fully saturated rings.